The van der Waals surface area contributed by atoms with Crippen molar-refractivity contribution in [1.82, 2.24) is 19.4 Å². The first-order valence-electron chi connectivity index (χ1n) is 10.9. The number of rotatable bonds is 7. The number of nitrogens with one attached hydrogen (secondary N) is 1. The summed E-state index contributed by atoms with van der Waals surface area (Å²) in [6, 6.07) is 5.13. The zero-order valence-corrected chi connectivity index (χ0v) is 18.5. The summed E-state index contributed by atoms with van der Waals surface area (Å²) in [5.41, 5.74) is 4.47. The second-order valence-electron chi connectivity index (χ2n) is 8.19. The maximum atomic E-state index is 12.9. The van der Waals surface area contributed by atoms with E-state index in [1.807, 2.05) is 11.8 Å². The zero-order chi connectivity index (χ0) is 24.2. The molecule has 1 aliphatic rings. The van der Waals surface area contributed by atoms with Gasteiger partial charge in [0, 0.05) is 26.2 Å². The van der Waals surface area contributed by atoms with Crippen LogP contribution in [-0.4, -0.2) is 57.9 Å². The van der Waals surface area contributed by atoms with Crippen molar-refractivity contribution in [2.45, 2.75) is 39.0 Å². The molecule has 0 bridgehead atoms. The van der Waals surface area contributed by atoms with Crippen molar-refractivity contribution >= 4 is 11.6 Å². The highest BCUT2D eigenvalue weighted by Crippen LogP contribution is 2.29. The van der Waals surface area contributed by atoms with Crippen LogP contribution in [0.25, 0.3) is 0 Å². The number of anilines is 1. The van der Waals surface area contributed by atoms with Crippen LogP contribution in [0.4, 0.5) is 19.0 Å². The number of Topliss-reactive ketones (excluding diaryl/α,β-unsaturated/α-hetero) is 1. The van der Waals surface area contributed by atoms with E-state index in [9.17, 15) is 27.6 Å². The van der Waals surface area contributed by atoms with Gasteiger partial charge < -0.3 is 5.73 Å². The van der Waals surface area contributed by atoms with Gasteiger partial charge in [-0.15, -0.1) is 0 Å². The number of H-pyrrole nitrogens is 1. The average Bonchev–Trinajstić information content (AvgIpc) is 2.95. The molecule has 0 radical (unpaired) electrons. The quantitative estimate of drug-likeness (QED) is 0.603. The molecule has 180 valence electrons. The van der Waals surface area contributed by atoms with Gasteiger partial charge in [0.1, 0.15) is 11.4 Å². The van der Waals surface area contributed by atoms with Crippen molar-refractivity contribution in [3.63, 3.8) is 0 Å². The van der Waals surface area contributed by atoms with Crippen LogP contribution in [0.3, 0.4) is 0 Å². The lowest BCUT2D eigenvalue weighted by molar-refractivity contribution is -0.137. The number of hydrogen-bond donors (Lipinski definition) is 2. The van der Waals surface area contributed by atoms with Crippen LogP contribution in [0, 0.1) is 0 Å². The summed E-state index contributed by atoms with van der Waals surface area (Å²) in [6.45, 7) is 5.18. The standard InChI is InChI=1S/C22H28F3N5O3/c1-2-8-30-19(26)18(20(32)27-21(30)33)17(31)14-29-10-3-9-28(11-12-29)13-15-4-6-16(7-5-15)22(23,24)25/h4-7H,2-3,8-14,26H2,1H3,(H,27,32,33). The Morgan fingerprint density at radius 2 is 1.70 bits per heavy atom. The number of aromatic amines is 1. The van der Waals surface area contributed by atoms with Gasteiger partial charge in [0.05, 0.1) is 12.1 Å². The molecule has 0 saturated carbocycles. The maximum Gasteiger partial charge on any atom is 0.416 e. The van der Waals surface area contributed by atoms with Gasteiger partial charge in [-0.25, -0.2) is 4.79 Å². The van der Waals surface area contributed by atoms with Gasteiger partial charge in [-0.3, -0.25) is 28.9 Å². The predicted molar refractivity (Wildman–Crippen MR) is 118 cm³/mol. The van der Waals surface area contributed by atoms with E-state index in [0.29, 0.717) is 39.1 Å². The van der Waals surface area contributed by atoms with Crippen LogP contribution in [0.5, 0.6) is 0 Å². The minimum absolute atomic E-state index is 0.00821. The highest BCUT2D eigenvalue weighted by molar-refractivity contribution is 6.01. The van der Waals surface area contributed by atoms with Gasteiger partial charge in [0.2, 0.25) is 0 Å². The third-order valence-electron chi connectivity index (χ3n) is 5.70. The minimum atomic E-state index is -4.36. The average molecular weight is 467 g/mol. The number of alkyl halides is 3. The molecule has 1 aliphatic heterocycles. The highest BCUT2D eigenvalue weighted by Gasteiger charge is 2.30. The van der Waals surface area contributed by atoms with Crippen LogP contribution in [0.1, 0.15) is 41.3 Å². The molecule has 2 heterocycles. The van der Waals surface area contributed by atoms with Gasteiger partial charge in [0.25, 0.3) is 5.56 Å². The number of benzene rings is 1. The van der Waals surface area contributed by atoms with Crippen molar-refractivity contribution in [3.05, 3.63) is 61.8 Å². The summed E-state index contributed by atoms with van der Waals surface area (Å²) in [7, 11) is 0. The second kappa shape index (κ2) is 10.3. The van der Waals surface area contributed by atoms with Crippen molar-refractivity contribution in [3.8, 4) is 0 Å². The smallest absolute Gasteiger partial charge is 0.384 e. The lowest BCUT2D eigenvalue weighted by Gasteiger charge is -2.22. The summed E-state index contributed by atoms with van der Waals surface area (Å²) < 4.78 is 39.4. The van der Waals surface area contributed by atoms with Crippen LogP contribution >= 0.6 is 0 Å². The lowest BCUT2D eigenvalue weighted by atomic mass is 10.1. The van der Waals surface area contributed by atoms with Crippen LogP contribution in [0.15, 0.2) is 33.9 Å². The number of hydrogen-bond acceptors (Lipinski definition) is 6. The Hall–Kier alpha value is -2.92. The molecule has 0 unspecified atom stereocenters. The first kappa shape index (κ1) is 24.7. The number of aromatic nitrogens is 2. The zero-order valence-electron chi connectivity index (χ0n) is 18.5. The first-order valence-corrected chi connectivity index (χ1v) is 10.9. The number of nitrogens with zero attached hydrogens (tertiary/aromatic N) is 3. The van der Waals surface area contributed by atoms with Crippen molar-refractivity contribution in [1.29, 1.82) is 0 Å². The summed E-state index contributed by atoms with van der Waals surface area (Å²) in [5.74, 6) is -0.566. The van der Waals surface area contributed by atoms with Gasteiger partial charge >= 0.3 is 11.9 Å². The fraction of sp³-hybridized carbons (Fsp3) is 0.500. The lowest BCUT2D eigenvalue weighted by Crippen LogP contribution is -2.40. The molecule has 1 aromatic heterocycles. The van der Waals surface area contributed by atoms with Gasteiger partial charge in [-0.05, 0) is 43.6 Å². The molecular formula is C22H28F3N5O3. The Morgan fingerprint density at radius 1 is 1.06 bits per heavy atom. The Labute approximate surface area is 188 Å². The highest BCUT2D eigenvalue weighted by atomic mass is 19.4. The van der Waals surface area contributed by atoms with E-state index in [1.54, 1.807) is 0 Å². The third-order valence-corrected chi connectivity index (χ3v) is 5.70. The van der Waals surface area contributed by atoms with Gasteiger partial charge in [-0.2, -0.15) is 13.2 Å². The van der Waals surface area contributed by atoms with E-state index in [2.05, 4.69) is 9.88 Å². The van der Waals surface area contributed by atoms with Crippen molar-refractivity contribution in [2.24, 2.45) is 0 Å². The molecule has 0 atom stereocenters. The summed E-state index contributed by atoms with van der Waals surface area (Å²) in [5, 5.41) is 0. The topological polar surface area (TPSA) is 104 Å². The molecule has 0 spiro atoms. The summed E-state index contributed by atoms with van der Waals surface area (Å²) >= 11 is 0. The molecule has 1 fully saturated rings. The molecule has 3 rings (SSSR count). The number of nitrogen functional groups attached to an aromatic ring is 1. The Balaban J connectivity index is 1.63. The van der Waals surface area contributed by atoms with E-state index in [4.69, 9.17) is 5.73 Å². The molecule has 1 saturated heterocycles. The fourth-order valence-electron chi connectivity index (χ4n) is 3.98. The Bertz CT molecular complexity index is 1090. The predicted octanol–water partition coefficient (Wildman–Crippen LogP) is 1.94. The van der Waals surface area contributed by atoms with E-state index in [1.165, 1.54) is 16.7 Å². The number of carbonyl (C=O) groups excluding carboxylic acids is 1. The van der Waals surface area contributed by atoms with Gasteiger partial charge in [-0.1, -0.05) is 19.1 Å². The largest absolute Gasteiger partial charge is 0.416 e. The van der Waals surface area contributed by atoms with Crippen LogP contribution in [0.2, 0.25) is 0 Å². The number of halogens is 3. The van der Waals surface area contributed by atoms with Crippen LogP contribution < -0.4 is 17.0 Å². The third kappa shape index (κ3) is 6.11. The molecule has 0 amide bonds. The van der Waals surface area contributed by atoms with E-state index < -0.39 is 28.8 Å². The van der Waals surface area contributed by atoms with Crippen LogP contribution in [-0.2, 0) is 19.3 Å². The second-order valence-corrected chi connectivity index (χ2v) is 8.19. The Morgan fingerprint density at radius 3 is 2.33 bits per heavy atom. The number of carbonyl (C=O) groups is 1. The monoisotopic (exact) mass is 467 g/mol. The van der Waals surface area contributed by atoms with Crippen molar-refractivity contribution in [2.75, 3.05) is 38.5 Å². The maximum absolute atomic E-state index is 12.9. The number of ketones is 1. The molecule has 11 heteroatoms. The van der Waals surface area contributed by atoms with Crippen molar-refractivity contribution < 1.29 is 18.0 Å². The minimum Gasteiger partial charge on any atom is -0.384 e. The first-order chi connectivity index (χ1) is 15.6. The van der Waals surface area contributed by atoms with Gasteiger partial charge in [0.15, 0.2) is 5.78 Å². The Kier molecular flexibility index (Phi) is 7.75. The summed E-state index contributed by atoms with van der Waals surface area (Å²) in [4.78, 5) is 43.3. The molecule has 3 N–H and O–H groups in total. The van der Waals surface area contributed by atoms with E-state index in [0.717, 1.165) is 30.7 Å². The normalized spacial score (nSPS) is 16.0. The molecule has 1 aromatic carbocycles. The number of nitrogens with two attached hydrogens (primary N) is 1. The molecule has 2 aromatic rings. The summed E-state index contributed by atoms with van der Waals surface area (Å²) in [6.07, 6.45) is -2.98. The fourth-order valence-corrected chi connectivity index (χ4v) is 3.98. The molecular weight excluding hydrogens is 439 g/mol. The van der Waals surface area contributed by atoms with E-state index >= 15 is 0 Å². The molecule has 33 heavy (non-hydrogen) atoms. The molecule has 8 nitrogen and oxygen atoms in total. The molecule has 0 aliphatic carbocycles. The SMILES string of the molecule is CCCn1c(N)c(C(=O)CN2CCCN(Cc3ccc(C(F)(F)F)cc3)CC2)c(=O)[nH]c1=O. The van der Waals surface area contributed by atoms with E-state index in [-0.39, 0.29) is 17.9 Å².